The summed E-state index contributed by atoms with van der Waals surface area (Å²) in [6, 6.07) is 16.9. The molecule has 1 N–H and O–H groups in total. The van der Waals surface area contributed by atoms with E-state index in [0.717, 1.165) is 24.9 Å². The molecular weight excluding hydrogens is 442 g/mol. The van der Waals surface area contributed by atoms with Gasteiger partial charge in [-0.15, -0.1) is 0 Å². The topological polar surface area (TPSA) is 62.3 Å². The minimum Gasteiger partial charge on any atom is -0.303 e. The number of sulfonamides is 1. The predicted molar refractivity (Wildman–Crippen MR) is 141 cm³/mol. The molecule has 6 heteroatoms. The molecular formula is C28H37N3O2S. The van der Waals surface area contributed by atoms with Crippen LogP contribution in [0.5, 0.6) is 0 Å². The van der Waals surface area contributed by atoms with Gasteiger partial charge >= 0.3 is 0 Å². The van der Waals surface area contributed by atoms with E-state index < -0.39 is 10.0 Å². The van der Waals surface area contributed by atoms with Gasteiger partial charge in [-0.25, -0.2) is 8.42 Å². The summed E-state index contributed by atoms with van der Waals surface area (Å²) in [7, 11) is -3.77. The first-order chi connectivity index (χ1) is 16.3. The van der Waals surface area contributed by atoms with Crippen LogP contribution in [-0.2, 0) is 15.4 Å². The second-order valence-corrected chi connectivity index (χ2v) is 11.6. The van der Waals surface area contributed by atoms with Crippen molar-refractivity contribution in [2.45, 2.75) is 63.2 Å². The number of pyridine rings is 1. The van der Waals surface area contributed by atoms with Gasteiger partial charge in [0.1, 0.15) is 4.90 Å². The highest BCUT2D eigenvalue weighted by Gasteiger charge is 2.38. The van der Waals surface area contributed by atoms with E-state index in [9.17, 15) is 8.42 Å². The molecule has 1 fully saturated rings. The van der Waals surface area contributed by atoms with Crippen LogP contribution in [-0.4, -0.2) is 37.9 Å². The van der Waals surface area contributed by atoms with Crippen LogP contribution in [0, 0.1) is 5.92 Å². The molecule has 34 heavy (non-hydrogen) atoms. The highest BCUT2D eigenvalue weighted by Crippen LogP contribution is 2.40. The number of hydrogen-bond donors (Lipinski definition) is 1. The minimum absolute atomic E-state index is 0.0162. The molecule has 1 saturated heterocycles. The average Bonchev–Trinajstić information content (AvgIpc) is 2.83. The van der Waals surface area contributed by atoms with E-state index in [0.29, 0.717) is 17.1 Å². The van der Waals surface area contributed by atoms with Crippen LogP contribution in [0.4, 0.5) is 5.69 Å². The van der Waals surface area contributed by atoms with E-state index in [-0.39, 0.29) is 10.3 Å². The Morgan fingerprint density at radius 1 is 1.09 bits per heavy atom. The van der Waals surface area contributed by atoms with Gasteiger partial charge < -0.3 is 4.90 Å². The number of aromatic nitrogens is 1. The number of nitrogens with zero attached hydrogens (tertiary/aromatic N) is 2. The summed E-state index contributed by atoms with van der Waals surface area (Å²) >= 11 is 0. The van der Waals surface area contributed by atoms with E-state index in [2.05, 4.69) is 41.4 Å². The third kappa shape index (κ3) is 5.28. The molecule has 1 aromatic heterocycles. The van der Waals surface area contributed by atoms with Gasteiger partial charge in [0.2, 0.25) is 0 Å². The van der Waals surface area contributed by atoms with Crippen LogP contribution in [0.3, 0.4) is 0 Å². The number of nitrogens with one attached hydrogen (secondary N) is 1. The maximum Gasteiger partial charge on any atom is 0.264 e. The van der Waals surface area contributed by atoms with Crippen LogP contribution in [0.1, 0.15) is 58.4 Å². The summed E-state index contributed by atoms with van der Waals surface area (Å²) in [5.41, 5.74) is 2.30. The average molecular weight is 480 g/mol. The molecule has 2 atom stereocenters. The van der Waals surface area contributed by atoms with E-state index in [1.807, 2.05) is 36.4 Å². The molecule has 2 heterocycles. The molecule has 5 nitrogen and oxygen atoms in total. The number of fused-ring (bicyclic) bond motifs is 1. The highest BCUT2D eigenvalue weighted by atomic mass is 32.2. The molecule has 0 amide bonds. The fourth-order valence-electron chi connectivity index (χ4n) is 5.15. The molecule has 0 saturated carbocycles. The maximum absolute atomic E-state index is 13.3. The Hall–Kier alpha value is -2.44. The fourth-order valence-corrected chi connectivity index (χ4v) is 6.38. The standard InChI is InChI=1S/C28H37N3O2S/c1-4-5-6-7-18-31-19-16-28(3,22(2)21-31)24-13-9-14-25(20-24)30-34(32,33)26-15-8-11-23-12-10-17-29-27(23)26/h8-15,17,20,22,30H,4-7,16,18-19,21H2,1-3H3. The van der Waals surface area contributed by atoms with Gasteiger partial charge in [-0.2, -0.15) is 0 Å². The zero-order valence-corrected chi connectivity index (χ0v) is 21.4. The van der Waals surface area contributed by atoms with Gasteiger partial charge in [0.25, 0.3) is 10.0 Å². The second-order valence-electron chi connectivity index (χ2n) is 9.95. The lowest BCUT2D eigenvalue weighted by molar-refractivity contribution is 0.109. The van der Waals surface area contributed by atoms with E-state index in [1.165, 1.54) is 37.8 Å². The summed E-state index contributed by atoms with van der Waals surface area (Å²) in [5, 5.41) is 0.807. The molecule has 0 aliphatic carbocycles. The number of piperidine rings is 1. The van der Waals surface area contributed by atoms with Crippen molar-refractivity contribution in [1.82, 2.24) is 9.88 Å². The number of unbranched alkanes of at least 4 members (excludes halogenated alkanes) is 3. The van der Waals surface area contributed by atoms with Crippen molar-refractivity contribution in [2.24, 2.45) is 5.92 Å². The Labute approximate surface area is 204 Å². The fraction of sp³-hybridized carbons (Fsp3) is 0.464. The number of anilines is 1. The van der Waals surface area contributed by atoms with Gasteiger partial charge in [-0.1, -0.05) is 70.4 Å². The van der Waals surface area contributed by atoms with E-state index in [4.69, 9.17) is 0 Å². The zero-order chi connectivity index (χ0) is 24.2. The predicted octanol–water partition coefficient (Wildman–Crippen LogP) is 6.22. The Bertz CT molecular complexity index is 1220. The normalized spacial score (nSPS) is 21.6. The molecule has 4 rings (SSSR count). The molecule has 2 unspecified atom stereocenters. The molecule has 0 radical (unpaired) electrons. The first kappa shape index (κ1) is 24.7. The molecule has 2 aromatic carbocycles. The Morgan fingerprint density at radius 3 is 2.68 bits per heavy atom. The summed E-state index contributed by atoms with van der Waals surface area (Å²) in [6.07, 6.45) is 7.88. The van der Waals surface area contributed by atoms with Gasteiger partial charge in [-0.3, -0.25) is 9.71 Å². The lowest BCUT2D eigenvalue weighted by atomic mass is 9.68. The van der Waals surface area contributed by atoms with Crippen molar-refractivity contribution in [3.63, 3.8) is 0 Å². The third-order valence-electron chi connectivity index (χ3n) is 7.55. The first-order valence-electron chi connectivity index (χ1n) is 12.5. The zero-order valence-electron chi connectivity index (χ0n) is 20.6. The van der Waals surface area contributed by atoms with Gasteiger partial charge in [0.15, 0.2) is 0 Å². The summed E-state index contributed by atoms with van der Waals surface area (Å²) in [4.78, 5) is 7.12. The van der Waals surface area contributed by atoms with Crippen molar-refractivity contribution in [3.8, 4) is 0 Å². The lowest BCUT2D eigenvalue weighted by Crippen LogP contribution is -2.47. The number of para-hydroxylation sites is 1. The highest BCUT2D eigenvalue weighted by molar-refractivity contribution is 7.93. The molecule has 3 aromatic rings. The minimum atomic E-state index is -3.77. The first-order valence-corrected chi connectivity index (χ1v) is 14.0. The monoisotopic (exact) mass is 479 g/mol. The number of hydrogen-bond acceptors (Lipinski definition) is 4. The van der Waals surface area contributed by atoms with Gasteiger partial charge in [-0.05, 0) is 67.1 Å². The van der Waals surface area contributed by atoms with Crippen LogP contribution < -0.4 is 4.72 Å². The number of rotatable bonds is 9. The SMILES string of the molecule is CCCCCCN1CCC(C)(c2cccc(NS(=O)(=O)c3cccc4cccnc34)c2)C(C)C1. The molecule has 1 aliphatic rings. The summed E-state index contributed by atoms with van der Waals surface area (Å²) in [6.45, 7) is 10.3. The number of benzene rings is 2. The summed E-state index contributed by atoms with van der Waals surface area (Å²) < 4.78 is 29.4. The molecule has 0 spiro atoms. The van der Waals surface area contributed by atoms with Crippen LogP contribution in [0.15, 0.2) is 65.7 Å². The summed E-state index contributed by atoms with van der Waals surface area (Å²) in [5.74, 6) is 0.488. The van der Waals surface area contributed by atoms with Crippen molar-refractivity contribution >= 4 is 26.6 Å². The smallest absolute Gasteiger partial charge is 0.264 e. The quantitative estimate of drug-likeness (QED) is 0.370. The Kier molecular flexibility index (Phi) is 7.58. The number of likely N-dealkylation sites (tertiary alicyclic amines) is 1. The van der Waals surface area contributed by atoms with Crippen molar-refractivity contribution < 1.29 is 8.42 Å². The van der Waals surface area contributed by atoms with Crippen molar-refractivity contribution in [1.29, 1.82) is 0 Å². The molecule has 1 aliphatic heterocycles. The third-order valence-corrected chi connectivity index (χ3v) is 8.97. The van der Waals surface area contributed by atoms with Crippen LogP contribution >= 0.6 is 0 Å². The largest absolute Gasteiger partial charge is 0.303 e. The van der Waals surface area contributed by atoms with Crippen LogP contribution in [0.25, 0.3) is 10.9 Å². The van der Waals surface area contributed by atoms with Crippen LogP contribution in [0.2, 0.25) is 0 Å². The van der Waals surface area contributed by atoms with Crippen molar-refractivity contribution in [2.75, 3.05) is 24.4 Å². The lowest BCUT2D eigenvalue weighted by Gasteiger charge is -2.45. The van der Waals surface area contributed by atoms with Crippen molar-refractivity contribution in [3.05, 3.63) is 66.4 Å². The van der Waals surface area contributed by atoms with Gasteiger partial charge in [0, 0.05) is 23.8 Å². The Morgan fingerprint density at radius 2 is 1.88 bits per heavy atom. The Balaban J connectivity index is 1.51. The second kappa shape index (κ2) is 10.4. The van der Waals surface area contributed by atoms with E-state index in [1.54, 1.807) is 18.3 Å². The van der Waals surface area contributed by atoms with Gasteiger partial charge in [0.05, 0.1) is 5.52 Å². The maximum atomic E-state index is 13.3. The molecule has 0 bridgehead atoms. The molecule has 182 valence electrons. The van der Waals surface area contributed by atoms with E-state index >= 15 is 0 Å².